The largest absolute Gasteiger partial charge is 0.331 e. The topological polar surface area (TPSA) is 119 Å². The first-order chi connectivity index (χ1) is 18.1. The zero-order valence-corrected chi connectivity index (χ0v) is 23.7. The molecule has 0 bridgehead atoms. The lowest BCUT2D eigenvalue weighted by atomic mass is 10.0. The van der Waals surface area contributed by atoms with Crippen molar-refractivity contribution in [2.45, 2.75) is 50.5 Å². The fraction of sp³-hybridized carbons (Fsp3) is 0.500. The molecule has 12 heteroatoms. The molecule has 0 atom stereocenters. The number of urea groups is 1. The number of imide groups is 1. The average molecular weight is 562 g/mol. The number of carbonyl (C=O) groups is 3. The van der Waals surface area contributed by atoms with E-state index in [-0.39, 0.29) is 10.5 Å². The first kappa shape index (κ1) is 28.2. The molecular weight excluding hydrogens is 526 g/mol. The van der Waals surface area contributed by atoms with Gasteiger partial charge < -0.3 is 10.2 Å². The highest BCUT2D eigenvalue weighted by molar-refractivity contribution is 7.89. The SMILES string of the molecule is CCCN1CCc2c(sc(NC(=O)c3ccc(S(=O)(=O)N4CCCCC4)cc3)c2C(=O)NC(=O)N(C)C)C1. The molecule has 1 aromatic heterocycles. The third-order valence-corrected chi connectivity index (χ3v) is 9.87. The van der Waals surface area contributed by atoms with Gasteiger partial charge in [0, 0.05) is 50.7 Å². The second-order valence-corrected chi connectivity index (χ2v) is 12.9. The molecule has 4 amide bonds. The molecule has 4 rings (SSSR count). The Labute approximate surface area is 228 Å². The number of nitrogens with zero attached hydrogens (tertiary/aromatic N) is 3. The van der Waals surface area contributed by atoms with E-state index in [0.717, 1.165) is 49.2 Å². The van der Waals surface area contributed by atoms with Crippen LogP contribution in [0.2, 0.25) is 0 Å². The Kier molecular flexibility index (Phi) is 8.86. The number of hydrogen-bond donors (Lipinski definition) is 2. The van der Waals surface area contributed by atoms with Gasteiger partial charge in [-0.05, 0) is 62.1 Å². The Bertz CT molecular complexity index is 1300. The van der Waals surface area contributed by atoms with E-state index in [0.29, 0.717) is 36.6 Å². The Morgan fingerprint density at radius 2 is 1.68 bits per heavy atom. The second-order valence-electron chi connectivity index (χ2n) is 9.83. The number of fused-ring (bicyclic) bond motifs is 1. The van der Waals surface area contributed by atoms with Crippen LogP contribution < -0.4 is 10.6 Å². The van der Waals surface area contributed by atoms with Crippen LogP contribution in [-0.4, -0.2) is 80.6 Å². The van der Waals surface area contributed by atoms with Crippen LogP contribution in [0.3, 0.4) is 0 Å². The maximum Gasteiger partial charge on any atom is 0.323 e. The minimum Gasteiger partial charge on any atom is -0.331 e. The van der Waals surface area contributed by atoms with Crippen molar-refractivity contribution in [1.29, 1.82) is 0 Å². The Morgan fingerprint density at radius 3 is 2.32 bits per heavy atom. The van der Waals surface area contributed by atoms with E-state index in [1.165, 1.54) is 44.8 Å². The van der Waals surface area contributed by atoms with Gasteiger partial charge in [0.05, 0.1) is 10.5 Å². The molecule has 2 N–H and O–H groups in total. The number of nitrogens with one attached hydrogen (secondary N) is 2. The third-order valence-electron chi connectivity index (χ3n) is 6.83. The Hall–Kier alpha value is -2.80. The summed E-state index contributed by atoms with van der Waals surface area (Å²) in [5, 5.41) is 5.63. The zero-order chi connectivity index (χ0) is 27.4. The predicted octanol–water partition coefficient (Wildman–Crippen LogP) is 3.35. The van der Waals surface area contributed by atoms with E-state index in [4.69, 9.17) is 0 Å². The summed E-state index contributed by atoms with van der Waals surface area (Å²) in [5.74, 6) is -1.01. The monoisotopic (exact) mass is 561 g/mol. The van der Waals surface area contributed by atoms with Crippen molar-refractivity contribution in [2.75, 3.05) is 45.6 Å². The van der Waals surface area contributed by atoms with Crippen LogP contribution >= 0.6 is 11.3 Å². The number of benzene rings is 1. The lowest BCUT2D eigenvalue weighted by molar-refractivity contribution is 0.0956. The van der Waals surface area contributed by atoms with Gasteiger partial charge in [-0.15, -0.1) is 11.3 Å². The fourth-order valence-electron chi connectivity index (χ4n) is 4.77. The number of rotatable bonds is 7. The van der Waals surface area contributed by atoms with Gasteiger partial charge in [0.15, 0.2) is 0 Å². The van der Waals surface area contributed by atoms with Crippen LogP contribution in [0.4, 0.5) is 9.80 Å². The summed E-state index contributed by atoms with van der Waals surface area (Å²) >= 11 is 1.34. The van der Waals surface area contributed by atoms with Crippen LogP contribution in [0.1, 0.15) is 63.8 Å². The molecule has 0 aliphatic carbocycles. The van der Waals surface area contributed by atoms with Gasteiger partial charge in [0.1, 0.15) is 5.00 Å². The Morgan fingerprint density at radius 1 is 1.00 bits per heavy atom. The van der Waals surface area contributed by atoms with Gasteiger partial charge in [0.2, 0.25) is 10.0 Å². The first-order valence-electron chi connectivity index (χ1n) is 12.9. The highest BCUT2D eigenvalue weighted by atomic mass is 32.2. The average Bonchev–Trinajstić information content (AvgIpc) is 3.26. The lowest BCUT2D eigenvalue weighted by Gasteiger charge is -2.26. The van der Waals surface area contributed by atoms with Crippen molar-refractivity contribution in [3.8, 4) is 0 Å². The summed E-state index contributed by atoms with van der Waals surface area (Å²) < 4.78 is 27.4. The summed E-state index contributed by atoms with van der Waals surface area (Å²) in [4.78, 5) is 43.2. The van der Waals surface area contributed by atoms with Crippen LogP contribution in [0.15, 0.2) is 29.2 Å². The number of amides is 4. The zero-order valence-electron chi connectivity index (χ0n) is 22.1. The molecule has 1 aromatic carbocycles. The predicted molar refractivity (Wildman–Crippen MR) is 147 cm³/mol. The first-order valence-corrected chi connectivity index (χ1v) is 15.2. The molecule has 1 fully saturated rings. The molecule has 206 valence electrons. The standard InChI is InChI=1S/C26H35N5O5S2/c1-4-13-30-16-12-20-21(17-30)37-25(22(20)24(33)28-26(34)29(2)3)27-23(32)18-8-10-19(11-9-18)38(35,36)31-14-6-5-7-15-31/h8-11H,4-7,12-17H2,1-3H3,(H,27,32)(H,28,33,34). The Balaban J connectivity index is 1.57. The summed E-state index contributed by atoms with van der Waals surface area (Å²) in [7, 11) is -0.506. The summed E-state index contributed by atoms with van der Waals surface area (Å²) in [6.07, 6.45) is 4.37. The summed E-state index contributed by atoms with van der Waals surface area (Å²) in [6.45, 7) is 5.53. The number of thiophene rings is 1. The molecule has 1 saturated heterocycles. The van der Waals surface area contributed by atoms with Gasteiger partial charge in [-0.3, -0.25) is 19.8 Å². The fourth-order valence-corrected chi connectivity index (χ4v) is 7.57. The quantitative estimate of drug-likeness (QED) is 0.535. The van der Waals surface area contributed by atoms with Crippen molar-refractivity contribution >= 4 is 44.2 Å². The minimum absolute atomic E-state index is 0.154. The van der Waals surface area contributed by atoms with E-state index < -0.39 is 27.9 Å². The normalized spacial score (nSPS) is 16.5. The summed E-state index contributed by atoms with van der Waals surface area (Å²) in [6, 6.07) is 5.33. The molecule has 0 unspecified atom stereocenters. The molecule has 2 aliphatic heterocycles. The smallest absolute Gasteiger partial charge is 0.323 e. The van der Waals surface area contributed by atoms with Gasteiger partial charge in [-0.25, -0.2) is 13.2 Å². The molecule has 38 heavy (non-hydrogen) atoms. The molecule has 10 nitrogen and oxygen atoms in total. The van der Waals surface area contributed by atoms with E-state index in [2.05, 4.69) is 22.5 Å². The maximum atomic E-state index is 13.2. The van der Waals surface area contributed by atoms with E-state index >= 15 is 0 Å². The van der Waals surface area contributed by atoms with Crippen LogP contribution in [0, 0.1) is 0 Å². The molecule has 0 radical (unpaired) electrons. The van der Waals surface area contributed by atoms with Crippen LogP contribution in [0.5, 0.6) is 0 Å². The van der Waals surface area contributed by atoms with Gasteiger partial charge in [-0.1, -0.05) is 13.3 Å². The van der Waals surface area contributed by atoms with Crippen molar-refractivity contribution in [1.82, 2.24) is 19.4 Å². The van der Waals surface area contributed by atoms with Gasteiger partial charge >= 0.3 is 6.03 Å². The molecule has 0 spiro atoms. The van der Waals surface area contributed by atoms with E-state index in [9.17, 15) is 22.8 Å². The van der Waals surface area contributed by atoms with Crippen molar-refractivity contribution < 1.29 is 22.8 Å². The van der Waals surface area contributed by atoms with E-state index in [1.54, 1.807) is 14.1 Å². The van der Waals surface area contributed by atoms with Crippen LogP contribution in [0.25, 0.3) is 0 Å². The summed E-state index contributed by atoms with van der Waals surface area (Å²) in [5.41, 5.74) is 1.44. The number of carbonyl (C=O) groups excluding carboxylic acids is 3. The molecule has 0 saturated carbocycles. The highest BCUT2D eigenvalue weighted by Crippen LogP contribution is 2.37. The minimum atomic E-state index is -3.60. The number of piperidine rings is 1. The third kappa shape index (κ3) is 6.09. The molecule has 2 aromatic rings. The van der Waals surface area contributed by atoms with Crippen molar-refractivity contribution in [2.24, 2.45) is 0 Å². The number of hydrogen-bond acceptors (Lipinski definition) is 7. The van der Waals surface area contributed by atoms with Crippen molar-refractivity contribution in [3.05, 3.63) is 45.8 Å². The number of sulfonamides is 1. The molecular formula is C26H35N5O5S2. The van der Waals surface area contributed by atoms with Gasteiger partial charge in [0.25, 0.3) is 11.8 Å². The molecule has 3 heterocycles. The highest BCUT2D eigenvalue weighted by Gasteiger charge is 2.30. The lowest BCUT2D eigenvalue weighted by Crippen LogP contribution is -2.39. The van der Waals surface area contributed by atoms with E-state index in [1.807, 2.05) is 0 Å². The van der Waals surface area contributed by atoms with Crippen LogP contribution in [-0.2, 0) is 23.0 Å². The van der Waals surface area contributed by atoms with Gasteiger partial charge in [-0.2, -0.15) is 4.31 Å². The molecule has 2 aliphatic rings. The van der Waals surface area contributed by atoms with Crippen molar-refractivity contribution in [3.63, 3.8) is 0 Å². The second kappa shape index (κ2) is 11.9. The number of anilines is 1. The maximum absolute atomic E-state index is 13.2.